The summed E-state index contributed by atoms with van der Waals surface area (Å²) in [7, 11) is 0. The molecule has 13 heteroatoms. The van der Waals surface area contributed by atoms with Crippen LogP contribution in [0.3, 0.4) is 0 Å². The van der Waals surface area contributed by atoms with Crippen LogP contribution < -0.4 is 10.1 Å². The van der Waals surface area contributed by atoms with Crippen molar-refractivity contribution < 1.29 is 19.4 Å². The Labute approximate surface area is 184 Å². The third-order valence-electron chi connectivity index (χ3n) is 4.29. The van der Waals surface area contributed by atoms with Gasteiger partial charge in [-0.3, -0.25) is 25.0 Å². The number of ether oxygens (including phenoxy) is 1. The summed E-state index contributed by atoms with van der Waals surface area (Å²) in [6.07, 6.45) is 4.67. The van der Waals surface area contributed by atoms with Crippen molar-refractivity contribution in [3.63, 3.8) is 0 Å². The van der Waals surface area contributed by atoms with E-state index in [9.17, 15) is 25.0 Å². The fourth-order valence-corrected chi connectivity index (χ4v) is 2.78. The van der Waals surface area contributed by atoms with Crippen LogP contribution in [0.4, 0.5) is 17.1 Å². The number of carbonyl (C=O) groups is 1. The van der Waals surface area contributed by atoms with Gasteiger partial charge in [0.25, 0.3) is 17.3 Å². The summed E-state index contributed by atoms with van der Waals surface area (Å²) in [4.78, 5) is 41.0. The van der Waals surface area contributed by atoms with Gasteiger partial charge in [0, 0.05) is 36.3 Å². The second-order valence-electron chi connectivity index (χ2n) is 6.50. The first-order chi connectivity index (χ1) is 15.9. The highest BCUT2D eigenvalue weighted by molar-refractivity contribution is 6.05. The predicted molar refractivity (Wildman–Crippen MR) is 113 cm³/mol. The quantitative estimate of drug-likeness (QED) is 0.329. The monoisotopic (exact) mass is 447 g/mol. The number of anilines is 1. The minimum atomic E-state index is -0.805. The molecule has 2 aromatic carbocycles. The molecule has 1 N–H and O–H groups in total. The molecule has 0 aliphatic carbocycles. The summed E-state index contributed by atoms with van der Waals surface area (Å²) >= 11 is 0. The van der Waals surface area contributed by atoms with Crippen molar-refractivity contribution >= 4 is 23.0 Å². The average Bonchev–Trinajstić information content (AvgIpc) is 3.35. The van der Waals surface area contributed by atoms with Crippen LogP contribution in [-0.2, 0) is 0 Å². The molecule has 13 nitrogen and oxygen atoms in total. The topological polar surface area (TPSA) is 168 Å². The molecule has 0 aliphatic heterocycles. The summed E-state index contributed by atoms with van der Waals surface area (Å²) in [6, 6.07) is 12.3. The number of hydrogen-bond acceptors (Lipinski definition) is 9. The molecule has 1 amide bonds. The third-order valence-corrected chi connectivity index (χ3v) is 4.29. The second-order valence-corrected chi connectivity index (χ2v) is 6.50. The van der Waals surface area contributed by atoms with Crippen LogP contribution in [0.5, 0.6) is 11.6 Å². The van der Waals surface area contributed by atoms with E-state index < -0.39 is 27.1 Å². The highest BCUT2D eigenvalue weighted by atomic mass is 16.6. The Kier molecular flexibility index (Phi) is 5.67. The van der Waals surface area contributed by atoms with Crippen molar-refractivity contribution in [3.05, 3.63) is 99.1 Å². The van der Waals surface area contributed by atoms with Crippen molar-refractivity contribution in [2.24, 2.45) is 0 Å². The molecule has 0 fully saturated rings. The summed E-state index contributed by atoms with van der Waals surface area (Å²) in [5.74, 6) is 0.468. The maximum Gasteiger partial charge on any atom is 0.277 e. The maximum atomic E-state index is 12.5. The Hall–Kier alpha value is -5.20. The lowest BCUT2D eigenvalue weighted by molar-refractivity contribution is -0.394. The van der Waals surface area contributed by atoms with Gasteiger partial charge in [0.15, 0.2) is 5.82 Å². The number of nitro benzene ring substituents is 2. The van der Waals surface area contributed by atoms with E-state index in [1.165, 1.54) is 18.5 Å². The van der Waals surface area contributed by atoms with Gasteiger partial charge in [0.05, 0.1) is 21.5 Å². The lowest BCUT2D eigenvalue weighted by Gasteiger charge is -2.08. The van der Waals surface area contributed by atoms with Crippen LogP contribution in [0.2, 0.25) is 0 Å². The summed E-state index contributed by atoms with van der Waals surface area (Å²) < 4.78 is 7.24. The molecule has 0 saturated heterocycles. The summed E-state index contributed by atoms with van der Waals surface area (Å²) in [5.41, 5.74) is -0.986. The van der Waals surface area contributed by atoms with Crippen LogP contribution in [0.1, 0.15) is 10.4 Å². The van der Waals surface area contributed by atoms with Crippen molar-refractivity contribution in [1.82, 2.24) is 19.7 Å². The van der Waals surface area contributed by atoms with Crippen LogP contribution >= 0.6 is 0 Å². The molecule has 0 aliphatic rings. The fraction of sp³-hybridized carbons (Fsp3) is 0. The number of hydrogen-bond donors (Lipinski definition) is 1. The number of nitrogens with zero attached hydrogens (tertiary/aromatic N) is 6. The molecule has 0 atom stereocenters. The number of non-ortho nitro benzene ring substituents is 2. The highest BCUT2D eigenvalue weighted by Gasteiger charge is 2.20. The smallest absolute Gasteiger partial charge is 0.277 e. The van der Waals surface area contributed by atoms with Gasteiger partial charge in [-0.1, -0.05) is 0 Å². The molecule has 0 spiro atoms. The Morgan fingerprint density at radius 3 is 2.27 bits per heavy atom. The van der Waals surface area contributed by atoms with Crippen molar-refractivity contribution in [3.8, 4) is 17.4 Å². The largest absolute Gasteiger partial charge is 0.439 e. The van der Waals surface area contributed by atoms with Gasteiger partial charge in [0.2, 0.25) is 5.88 Å². The summed E-state index contributed by atoms with van der Waals surface area (Å²) in [6.45, 7) is 0. The zero-order chi connectivity index (χ0) is 23.4. The van der Waals surface area contributed by atoms with E-state index in [0.717, 1.165) is 18.2 Å². The van der Waals surface area contributed by atoms with E-state index in [4.69, 9.17) is 4.74 Å². The van der Waals surface area contributed by atoms with E-state index in [2.05, 4.69) is 20.4 Å². The van der Waals surface area contributed by atoms with Crippen molar-refractivity contribution in [2.45, 2.75) is 0 Å². The fourth-order valence-electron chi connectivity index (χ4n) is 2.78. The van der Waals surface area contributed by atoms with E-state index in [-0.39, 0.29) is 11.4 Å². The molecular weight excluding hydrogens is 434 g/mol. The maximum absolute atomic E-state index is 12.5. The standard InChI is InChI=1S/C20H13N7O6/c28-20(13-8-15(26(29)30)10-16(9-13)27(31)32)24-14-2-4-17(5-3-14)33-19-11-18(21-12-22-19)25-7-1-6-23-25/h1-12H,(H,24,28). The van der Waals surface area contributed by atoms with Crippen molar-refractivity contribution in [1.29, 1.82) is 0 Å². The number of amides is 1. The first-order valence-electron chi connectivity index (χ1n) is 9.24. The van der Waals surface area contributed by atoms with Crippen molar-refractivity contribution in [2.75, 3.05) is 5.32 Å². The zero-order valence-corrected chi connectivity index (χ0v) is 16.6. The third kappa shape index (κ3) is 4.93. The van der Waals surface area contributed by atoms with Gasteiger partial charge < -0.3 is 10.1 Å². The molecule has 33 heavy (non-hydrogen) atoms. The molecule has 0 saturated carbocycles. The minimum Gasteiger partial charge on any atom is -0.439 e. The van der Waals surface area contributed by atoms with Crippen LogP contribution in [0.15, 0.2) is 73.3 Å². The number of benzene rings is 2. The molecule has 2 heterocycles. The van der Waals surface area contributed by atoms with E-state index in [1.54, 1.807) is 41.3 Å². The number of carbonyl (C=O) groups excluding carboxylic acids is 1. The normalized spacial score (nSPS) is 10.4. The molecule has 0 unspecified atom stereocenters. The summed E-state index contributed by atoms with van der Waals surface area (Å²) in [5, 5.41) is 28.6. The van der Waals surface area contributed by atoms with Gasteiger partial charge in [-0.2, -0.15) is 5.10 Å². The molecule has 164 valence electrons. The zero-order valence-electron chi connectivity index (χ0n) is 16.6. The first-order valence-corrected chi connectivity index (χ1v) is 9.24. The lowest BCUT2D eigenvalue weighted by atomic mass is 10.1. The SMILES string of the molecule is O=C(Nc1ccc(Oc2cc(-n3cccn3)ncn2)cc1)c1cc([N+](=O)[O-])cc([N+](=O)[O-])c1. The Morgan fingerprint density at radius 2 is 1.67 bits per heavy atom. The Morgan fingerprint density at radius 1 is 0.970 bits per heavy atom. The predicted octanol–water partition coefficient (Wildman–Crippen LogP) is 3.52. The van der Waals surface area contributed by atoms with Gasteiger partial charge >= 0.3 is 0 Å². The second kappa shape index (κ2) is 8.89. The van der Waals surface area contributed by atoms with E-state index >= 15 is 0 Å². The average molecular weight is 447 g/mol. The van der Waals surface area contributed by atoms with E-state index in [1.807, 2.05) is 0 Å². The van der Waals surface area contributed by atoms with Crippen LogP contribution in [-0.4, -0.2) is 35.5 Å². The number of aromatic nitrogens is 4. The van der Waals surface area contributed by atoms with Gasteiger partial charge in [-0.25, -0.2) is 14.6 Å². The molecule has 0 bridgehead atoms. The molecular formula is C20H13N7O6. The van der Waals surface area contributed by atoms with Crippen LogP contribution in [0.25, 0.3) is 5.82 Å². The number of nitrogens with one attached hydrogen (secondary N) is 1. The molecule has 2 aromatic heterocycles. The van der Waals surface area contributed by atoms with Gasteiger partial charge in [-0.05, 0) is 30.3 Å². The molecule has 4 rings (SSSR count). The minimum absolute atomic E-state index is 0.219. The molecule has 4 aromatic rings. The molecule has 0 radical (unpaired) electrons. The number of nitro groups is 2. The number of rotatable bonds is 7. The Bertz CT molecular complexity index is 1310. The highest BCUT2D eigenvalue weighted by Crippen LogP contribution is 2.25. The first kappa shape index (κ1) is 21.0. The lowest BCUT2D eigenvalue weighted by Crippen LogP contribution is -2.12. The van der Waals surface area contributed by atoms with E-state index in [0.29, 0.717) is 17.3 Å². The van der Waals surface area contributed by atoms with Crippen LogP contribution in [0, 0.1) is 20.2 Å². The Balaban J connectivity index is 1.47. The van der Waals surface area contributed by atoms with Gasteiger partial charge in [0.1, 0.15) is 12.1 Å². The van der Waals surface area contributed by atoms with Gasteiger partial charge in [-0.15, -0.1) is 0 Å².